The first kappa shape index (κ1) is 29.5. The highest BCUT2D eigenvalue weighted by Gasteiger charge is 2.12. The SMILES string of the molecule is CC.CC.CC.CC.CNC1=CC=C(N(c2ccccc2)c2ccccc2)C=CC1. The van der Waals surface area contributed by atoms with Gasteiger partial charge in [-0.05, 0) is 42.5 Å². The molecule has 0 aromatic heterocycles. The van der Waals surface area contributed by atoms with Gasteiger partial charge < -0.3 is 10.2 Å². The van der Waals surface area contributed by atoms with Crippen LogP contribution in [0.25, 0.3) is 0 Å². The molecule has 1 aliphatic carbocycles. The number of hydrogen-bond donors (Lipinski definition) is 1. The molecule has 0 unspecified atom stereocenters. The fourth-order valence-electron chi connectivity index (χ4n) is 2.55. The van der Waals surface area contributed by atoms with Gasteiger partial charge in [-0.3, -0.25) is 0 Å². The summed E-state index contributed by atoms with van der Waals surface area (Å²) in [5.41, 5.74) is 4.69. The summed E-state index contributed by atoms with van der Waals surface area (Å²) < 4.78 is 0. The highest BCUT2D eigenvalue weighted by molar-refractivity contribution is 5.70. The van der Waals surface area contributed by atoms with Gasteiger partial charge in [-0.25, -0.2) is 0 Å². The normalized spacial score (nSPS) is 11.0. The van der Waals surface area contributed by atoms with E-state index in [-0.39, 0.29) is 0 Å². The van der Waals surface area contributed by atoms with Crippen molar-refractivity contribution in [2.45, 2.75) is 61.8 Å². The topological polar surface area (TPSA) is 15.3 Å². The highest BCUT2D eigenvalue weighted by Crippen LogP contribution is 2.30. The van der Waals surface area contributed by atoms with Crippen LogP contribution in [0.15, 0.2) is 96.4 Å². The van der Waals surface area contributed by atoms with Gasteiger partial charge >= 0.3 is 0 Å². The van der Waals surface area contributed by atoms with Gasteiger partial charge in [0.2, 0.25) is 0 Å². The quantitative estimate of drug-likeness (QED) is 0.543. The molecule has 0 saturated heterocycles. The molecule has 1 aliphatic rings. The standard InChI is InChI=1S/C20H20N2.4C2H6/c1-21-17-9-8-14-20(16-15-17)22(18-10-4-2-5-11-18)19-12-6-3-7-13-19;4*1-2/h2-8,10-16,21H,9H2,1H3;4*1-2H3. The highest BCUT2D eigenvalue weighted by atomic mass is 15.1. The second-order valence-electron chi connectivity index (χ2n) is 5.15. The maximum absolute atomic E-state index is 3.23. The fraction of sp³-hybridized carbons (Fsp3) is 0.357. The van der Waals surface area contributed by atoms with Crippen molar-refractivity contribution in [3.63, 3.8) is 0 Å². The summed E-state index contributed by atoms with van der Waals surface area (Å²) in [6.45, 7) is 16.0. The first-order valence-electron chi connectivity index (χ1n) is 11.5. The van der Waals surface area contributed by atoms with Gasteiger partial charge in [0.1, 0.15) is 0 Å². The molecule has 2 heteroatoms. The number of hydrogen-bond acceptors (Lipinski definition) is 2. The lowest BCUT2D eigenvalue weighted by Gasteiger charge is -2.26. The Morgan fingerprint density at radius 2 is 1.07 bits per heavy atom. The van der Waals surface area contributed by atoms with Crippen molar-refractivity contribution in [1.29, 1.82) is 0 Å². The molecule has 0 radical (unpaired) electrons. The monoisotopic (exact) mass is 408 g/mol. The number of nitrogens with zero attached hydrogens (tertiary/aromatic N) is 1. The van der Waals surface area contributed by atoms with Gasteiger partial charge in [0, 0.05) is 36.2 Å². The van der Waals surface area contributed by atoms with Crippen LogP contribution >= 0.6 is 0 Å². The molecule has 2 aromatic carbocycles. The molecule has 0 saturated carbocycles. The first-order chi connectivity index (χ1) is 14.9. The predicted octanol–water partition coefficient (Wildman–Crippen LogP) is 8.88. The molecular weight excluding hydrogens is 364 g/mol. The Morgan fingerprint density at radius 1 is 0.633 bits per heavy atom. The Balaban J connectivity index is 0. The molecule has 0 bridgehead atoms. The minimum atomic E-state index is 0.925. The summed E-state index contributed by atoms with van der Waals surface area (Å²) in [7, 11) is 1.96. The number of benzene rings is 2. The van der Waals surface area contributed by atoms with Crippen molar-refractivity contribution in [2.75, 3.05) is 11.9 Å². The van der Waals surface area contributed by atoms with Crippen LogP contribution < -0.4 is 10.2 Å². The van der Waals surface area contributed by atoms with E-state index in [0.717, 1.165) is 23.5 Å². The average Bonchev–Trinajstić information content (AvgIpc) is 3.11. The minimum absolute atomic E-state index is 0.925. The fourth-order valence-corrected chi connectivity index (χ4v) is 2.55. The molecule has 0 amide bonds. The van der Waals surface area contributed by atoms with Gasteiger partial charge in [0.05, 0.1) is 0 Å². The van der Waals surface area contributed by atoms with E-state index in [1.54, 1.807) is 0 Å². The number of allylic oxidation sites excluding steroid dienone is 4. The smallest absolute Gasteiger partial charge is 0.0461 e. The Morgan fingerprint density at radius 3 is 1.47 bits per heavy atom. The van der Waals surface area contributed by atoms with E-state index in [4.69, 9.17) is 0 Å². The molecule has 166 valence electrons. The molecule has 2 aromatic rings. The van der Waals surface area contributed by atoms with Crippen LogP contribution in [0.3, 0.4) is 0 Å². The first-order valence-corrected chi connectivity index (χ1v) is 11.5. The van der Waals surface area contributed by atoms with Crippen molar-refractivity contribution < 1.29 is 0 Å². The maximum Gasteiger partial charge on any atom is 0.0461 e. The van der Waals surface area contributed by atoms with E-state index in [1.807, 2.05) is 74.6 Å². The summed E-state index contributed by atoms with van der Waals surface area (Å²) in [6.07, 6.45) is 9.61. The predicted molar refractivity (Wildman–Crippen MR) is 139 cm³/mol. The van der Waals surface area contributed by atoms with Crippen LogP contribution in [0.5, 0.6) is 0 Å². The summed E-state index contributed by atoms with van der Waals surface area (Å²) >= 11 is 0. The zero-order valence-electron chi connectivity index (χ0n) is 20.7. The second kappa shape index (κ2) is 21.0. The average molecular weight is 409 g/mol. The molecule has 30 heavy (non-hydrogen) atoms. The van der Waals surface area contributed by atoms with Crippen LogP contribution in [0.2, 0.25) is 0 Å². The number of para-hydroxylation sites is 2. The van der Waals surface area contributed by atoms with Gasteiger partial charge in [0.25, 0.3) is 0 Å². The van der Waals surface area contributed by atoms with Crippen LogP contribution in [0.1, 0.15) is 61.8 Å². The summed E-state index contributed by atoms with van der Waals surface area (Å²) in [4.78, 5) is 2.27. The molecule has 0 heterocycles. The Labute approximate surface area is 187 Å². The van der Waals surface area contributed by atoms with Gasteiger partial charge in [-0.1, -0.05) is 97.9 Å². The molecule has 0 aliphatic heterocycles. The number of rotatable bonds is 4. The minimum Gasteiger partial charge on any atom is -0.391 e. The van der Waals surface area contributed by atoms with Crippen molar-refractivity contribution in [2.24, 2.45) is 0 Å². The Hall–Kier alpha value is -2.74. The lowest BCUT2D eigenvalue weighted by molar-refractivity contribution is 0.941. The summed E-state index contributed by atoms with van der Waals surface area (Å²) in [5, 5.41) is 3.23. The van der Waals surface area contributed by atoms with E-state index in [1.165, 1.54) is 5.70 Å². The molecule has 0 atom stereocenters. The second-order valence-corrected chi connectivity index (χ2v) is 5.15. The van der Waals surface area contributed by atoms with Crippen molar-refractivity contribution in [3.8, 4) is 0 Å². The third-order valence-electron chi connectivity index (χ3n) is 3.69. The number of anilines is 2. The van der Waals surface area contributed by atoms with Crippen molar-refractivity contribution in [3.05, 3.63) is 96.4 Å². The van der Waals surface area contributed by atoms with E-state index >= 15 is 0 Å². The van der Waals surface area contributed by atoms with Gasteiger partial charge in [-0.15, -0.1) is 0 Å². The molecular formula is C28H44N2. The molecule has 1 N–H and O–H groups in total. The van der Waals surface area contributed by atoms with Crippen molar-refractivity contribution in [1.82, 2.24) is 5.32 Å². The maximum atomic E-state index is 3.23. The summed E-state index contributed by atoms with van der Waals surface area (Å²) in [6, 6.07) is 20.9. The van der Waals surface area contributed by atoms with Crippen LogP contribution in [-0.2, 0) is 0 Å². The lowest BCUT2D eigenvalue weighted by Crippen LogP contribution is -2.14. The molecule has 0 fully saturated rings. The van der Waals surface area contributed by atoms with Crippen LogP contribution in [0.4, 0.5) is 11.4 Å². The summed E-state index contributed by atoms with van der Waals surface area (Å²) in [5.74, 6) is 0. The van der Waals surface area contributed by atoms with E-state index in [0.29, 0.717) is 0 Å². The molecule has 0 spiro atoms. The Kier molecular flexibility index (Phi) is 20.6. The van der Waals surface area contributed by atoms with Gasteiger partial charge in [-0.2, -0.15) is 0 Å². The van der Waals surface area contributed by atoms with Crippen LogP contribution in [-0.4, -0.2) is 7.05 Å². The zero-order chi connectivity index (χ0) is 23.2. The van der Waals surface area contributed by atoms with E-state index in [2.05, 4.69) is 83.1 Å². The zero-order valence-corrected chi connectivity index (χ0v) is 20.7. The van der Waals surface area contributed by atoms with Crippen molar-refractivity contribution >= 4 is 11.4 Å². The third-order valence-corrected chi connectivity index (χ3v) is 3.69. The molecule has 2 nitrogen and oxygen atoms in total. The Bertz CT molecular complexity index is 658. The van der Waals surface area contributed by atoms with Gasteiger partial charge in [0.15, 0.2) is 0 Å². The van der Waals surface area contributed by atoms with Crippen LogP contribution in [0, 0.1) is 0 Å². The number of nitrogens with one attached hydrogen (secondary N) is 1. The lowest BCUT2D eigenvalue weighted by atomic mass is 10.2. The molecule has 3 rings (SSSR count). The van der Waals surface area contributed by atoms with E-state index < -0.39 is 0 Å². The third kappa shape index (κ3) is 10.2. The van der Waals surface area contributed by atoms with E-state index in [9.17, 15) is 0 Å². The largest absolute Gasteiger partial charge is 0.391 e.